The molecule has 3 N–H and O–H groups in total. The number of hydrogen-bond donors (Lipinski definition) is 2. The number of primary amides is 1. The highest BCUT2D eigenvalue weighted by Crippen LogP contribution is 2.28. The van der Waals surface area contributed by atoms with Crippen LogP contribution in [0.2, 0.25) is 0 Å². The van der Waals surface area contributed by atoms with Crippen molar-refractivity contribution >= 4 is 39.0 Å². The second-order valence-corrected chi connectivity index (χ2v) is 5.55. The molecule has 0 fully saturated rings. The molecule has 0 atom stereocenters. The highest BCUT2D eigenvalue weighted by molar-refractivity contribution is 7.16. The van der Waals surface area contributed by atoms with E-state index in [4.69, 9.17) is 10.5 Å². The molecule has 0 spiro atoms. The molecule has 0 aliphatic heterocycles. The zero-order valence-electron chi connectivity index (χ0n) is 11.9. The Bertz CT molecular complexity index is 831. The predicted molar refractivity (Wildman–Crippen MR) is 86.4 cm³/mol. The molecule has 22 heavy (non-hydrogen) atoms. The summed E-state index contributed by atoms with van der Waals surface area (Å²) in [6.45, 7) is 0.362. The van der Waals surface area contributed by atoms with Crippen molar-refractivity contribution in [3.63, 3.8) is 0 Å². The van der Waals surface area contributed by atoms with Crippen molar-refractivity contribution in [3.05, 3.63) is 47.1 Å². The van der Waals surface area contributed by atoms with Crippen LogP contribution >= 0.6 is 11.3 Å². The standard InChI is InChI=1S/C15H14N4O2S/c1-21-7-10-6-9(13(16)20)2-3-12(10)19-14-11-4-5-22-15(11)18-8-17-14/h2-6,8H,7H2,1H3,(H2,16,20)(H,17,18,19). The van der Waals surface area contributed by atoms with Crippen molar-refractivity contribution in [2.24, 2.45) is 5.73 Å². The Kier molecular flexibility index (Phi) is 3.99. The fraction of sp³-hybridized carbons (Fsp3) is 0.133. The van der Waals surface area contributed by atoms with E-state index in [-0.39, 0.29) is 0 Å². The van der Waals surface area contributed by atoms with Crippen LogP contribution in [-0.4, -0.2) is 23.0 Å². The molecule has 2 aromatic heterocycles. The molecule has 7 heteroatoms. The lowest BCUT2D eigenvalue weighted by molar-refractivity contribution is 0.1000. The summed E-state index contributed by atoms with van der Waals surface area (Å²) in [7, 11) is 1.60. The Hall–Kier alpha value is -2.51. The molecule has 3 rings (SSSR count). The summed E-state index contributed by atoms with van der Waals surface area (Å²) >= 11 is 1.56. The highest BCUT2D eigenvalue weighted by atomic mass is 32.1. The van der Waals surface area contributed by atoms with Gasteiger partial charge in [0.25, 0.3) is 0 Å². The molecule has 0 aliphatic rings. The average molecular weight is 314 g/mol. The second kappa shape index (κ2) is 6.08. The number of amides is 1. The van der Waals surface area contributed by atoms with Crippen LogP contribution in [0, 0.1) is 0 Å². The van der Waals surface area contributed by atoms with Crippen LogP contribution in [-0.2, 0) is 11.3 Å². The van der Waals surface area contributed by atoms with Crippen LogP contribution in [0.1, 0.15) is 15.9 Å². The van der Waals surface area contributed by atoms with Gasteiger partial charge in [-0.05, 0) is 29.6 Å². The van der Waals surface area contributed by atoms with Gasteiger partial charge in [-0.3, -0.25) is 4.79 Å². The van der Waals surface area contributed by atoms with Gasteiger partial charge in [0, 0.05) is 23.9 Å². The fourth-order valence-corrected chi connectivity index (χ4v) is 2.89. The lowest BCUT2D eigenvalue weighted by Gasteiger charge is -2.12. The van der Waals surface area contributed by atoms with Crippen molar-refractivity contribution in [2.75, 3.05) is 12.4 Å². The predicted octanol–water partition coefficient (Wildman–Crippen LogP) is 2.68. The largest absolute Gasteiger partial charge is 0.380 e. The van der Waals surface area contributed by atoms with E-state index in [1.165, 1.54) is 6.33 Å². The Balaban J connectivity index is 2.00. The topological polar surface area (TPSA) is 90.1 Å². The Labute approximate surface area is 131 Å². The number of anilines is 2. The monoisotopic (exact) mass is 314 g/mol. The molecule has 0 unspecified atom stereocenters. The van der Waals surface area contributed by atoms with Crippen LogP contribution in [0.3, 0.4) is 0 Å². The van der Waals surface area contributed by atoms with Gasteiger partial charge in [0.1, 0.15) is 17.0 Å². The van der Waals surface area contributed by atoms with Crippen molar-refractivity contribution in [2.45, 2.75) is 6.61 Å². The molecule has 1 amide bonds. The third kappa shape index (κ3) is 2.76. The lowest BCUT2D eigenvalue weighted by Crippen LogP contribution is -2.12. The average Bonchev–Trinajstić information content (AvgIpc) is 2.98. The van der Waals surface area contributed by atoms with E-state index in [0.29, 0.717) is 12.2 Å². The smallest absolute Gasteiger partial charge is 0.248 e. The molecule has 3 aromatic rings. The van der Waals surface area contributed by atoms with E-state index in [2.05, 4.69) is 15.3 Å². The first kappa shape index (κ1) is 14.4. The summed E-state index contributed by atoms with van der Waals surface area (Å²) in [6, 6.07) is 7.17. The number of nitrogens with zero attached hydrogens (tertiary/aromatic N) is 2. The molecular formula is C15H14N4O2S. The van der Waals surface area contributed by atoms with Crippen molar-refractivity contribution in [1.82, 2.24) is 9.97 Å². The molecule has 0 bridgehead atoms. The zero-order chi connectivity index (χ0) is 15.5. The van der Waals surface area contributed by atoms with Crippen LogP contribution in [0.4, 0.5) is 11.5 Å². The van der Waals surface area contributed by atoms with E-state index in [9.17, 15) is 4.79 Å². The maximum Gasteiger partial charge on any atom is 0.248 e. The minimum absolute atomic E-state index is 0.362. The number of nitrogens with one attached hydrogen (secondary N) is 1. The number of benzene rings is 1. The minimum atomic E-state index is -0.467. The number of thiophene rings is 1. The quantitative estimate of drug-likeness (QED) is 0.755. The number of carbonyl (C=O) groups excluding carboxylic acids is 1. The molecular weight excluding hydrogens is 300 g/mol. The summed E-state index contributed by atoms with van der Waals surface area (Å²) in [5.41, 5.74) is 7.42. The Morgan fingerprint density at radius 3 is 3.00 bits per heavy atom. The van der Waals surface area contributed by atoms with Crippen molar-refractivity contribution < 1.29 is 9.53 Å². The first-order valence-electron chi connectivity index (χ1n) is 6.56. The summed E-state index contributed by atoms with van der Waals surface area (Å²) in [5, 5.41) is 6.20. The van der Waals surface area contributed by atoms with Gasteiger partial charge < -0.3 is 15.8 Å². The zero-order valence-corrected chi connectivity index (χ0v) is 12.7. The number of rotatable bonds is 5. The van der Waals surface area contributed by atoms with Crippen molar-refractivity contribution in [3.8, 4) is 0 Å². The van der Waals surface area contributed by atoms with E-state index in [0.717, 1.165) is 27.3 Å². The van der Waals surface area contributed by atoms with E-state index in [1.54, 1.807) is 36.6 Å². The Morgan fingerprint density at radius 2 is 2.23 bits per heavy atom. The summed E-state index contributed by atoms with van der Waals surface area (Å²) in [5.74, 6) is 0.251. The normalized spacial score (nSPS) is 10.8. The van der Waals surface area contributed by atoms with Gasteiger partial charge in [-0.25, -0.2) is 9.97 Å². The highest BCUT2D eigenvalue weighted by Gasteiger charge is 2.10. The van der Waals surface area contributed by atoms with Crippen LogP contribution < -0.4 is 11.1 Å². The first-order valence-corrected chi connectivity index (χ1v) is 7.44. The number of hydrogen-bond acceptors (Lipinski definition) is 6. The first-order chi connectivity index (χ1) is 10.7. The van der Waals surface area contributed by atoms with Crippen LogP contribution in [0.15, 0.2) is 36.0 Å². The van der Waals surface area contributed by atoms with E-state index in [1.807, 2.05) is 11.4 Å². The number of nitrogens with two attached hydrogens (primary N) is 1. The molecule has 6 nitrogen and oxygen atoms in total. The number of methoxy groups -OCH3 is 1. The SMILES string of the molecule is COCc1cc(C(N)=O)ccc1Nc1ncnc2sccc12. The Morgan fingerprint density at radius 1 is 1.36 bits per heavy atom. The molecule has 2 heterocycles. The number of fused-ring (bicyclic) bond motifs is 1. The van der Waals surface area contributed by atoms with Gasteiger partial charge in [-0.2, -0.15) is 0 Å². The van der Waals surface area contributed by atoms with E-state index >= 15 is 0 Å². The second-order valence-electron chi connectivity index (χ2n) is 4.66. The molecule has 112 valence electrons. The minimum Gasteiger partial charge on any atom is -0.380 e. The number of ether oxygens (including phenoxy) is 1. The van der Waals surface area contributed by atoms with Gasteiger partial charge in [-0.1, -0.05) is 0 Å². The third-order valence-electron chi connectivity index (χ3n) is 3.20. The van der Waals surface area contributed by atoms with Gasteiger partial charge in [0.15, 0.2) is 0 Å². The van der Waals surface area contributed by atoms with Gasteiger partial charge in [-0.15, -0.1) is 11.3 Å². The molecule has 1 aromatic carbocycles. The van der Waals surface area contributed by atoms with Crippen LogP contribution in [0.25, 0.3) is 10.2 Å². The number of aromatic nitrogens is 2. The summed E-state index contributed by atoms with van der Waals surface area (Å²) in [4.78, 5) is 20.7. The maximum atomic E-state index is 11.3. The summed E-state index contributed by atoms with van der Waals surface area (Å²) in [6.07, 6.45) is 1.52. The maximum absolute atomic E-state index is 11.3. The molecule has 0 aliphatic carbocycles. The third-order valence-corrected chi connectivity index (χ3v) is 4.03. The molecule has 0 radical (unpaired) electrons. The van der Waals surface area contributed by atoms with Crippen LogP contribution in [0.5, 0.6) is 0 Å². The fourth-order valence-electron chi connectivity index (χ4n) is 2.16. The van der Waals surface area contributed by atoms with E-state index < -0.39 is 5.91 Å². The van der Waals surface area contributed by atoms with Gasteiger partial charge in [0.2, 0.25) is 5.91 Å². The van der Waals surface area contributed by atoms with Crippen molar-refractivity contribution in [1.29, 1.82) is 0 Å². The van der Waals surface area contributed by atoms with Gasteiger partial charge in [0.05, 0.1) is 12.0 Å². The molecule has 0 saturated carbocycles. The van der Waals surface area contributed by atoms with Gasteiger partial charge >= 0.3 is 0 Å². The summed E-state index contributed by atoms with van der Waals surface area (Å²) < 4.78 is 5.19. The lowest BCUT2D eigenvalue weighted by atomic mass is 10.1. The molecule has 0 saturated heterocycles. The number of carbonyl (C=O) groups is 1.